The number of benzene rings is 2. The van der Waals surface area contributed by atoms with Gasteiger partial charge in [-0.25, -0.2) is 4.98 Å². The first-order valence-corrected chi connectivity index (χ1v) is 11.6. The molecule has 2 aromatic heterocycles. The largest absolute Gasteiger partial charge is 0.375 e. The molecule has 3 N–H and O–H groups in total. The lowest BCUT2D eigenvalue weighted by Crippen LogP contribution is -2.15. The van der Waals surface area contributed by atoms with Crippen molar-refractivity contribution in [3.8, 4) is 5.69 Å². The molecule has 4 rings (SSSR count). The summed E-state index contributed by atoms with van der Waals surface area (Å²) in [6.45, 7) is 4.03. The summed E-state index contributed by atoms with van der Waals surface area (Å²) in [5.41, 5.74) is 10.6. The van der Waals surface area contributed by atoms with Gasteiger partial charge in [0.15, 0.2) is 10.3 Å². The Morgan fingerprint density at radius 1 is 1.13 bits per heavy atom. The third-order valence-electron chi connectivity index (χ3n) is 4.83. The SMILES string of the molecule is Cc1cccc(NC(=O)CSc2nnc(Cc3csc(N)n3)n2-c2ccccc2)c1C. The summed E-state index contributed by atoms with van der Waals surface area (Å²) in [6.07, 6.45) is 0.505. The molecular weight excluding hydrogens is 428 g/mol. The molecule has 31 heavy (non-hydrogen) atoms. The number of nitrogen functional groups attached to an aromatic ring is 1. The summed E-state index contributed by atoms with van der Waals surface area (Å²) in [7, 11) is 0. The van der Waals surface area contributed by atoms with Crippen LogP contribution >= 0.6 is 23.1 Å². The van der Waals surface area contributed by atoms with E-state index < -0.39 is 0 Å². The molecule has 0 aliphatic heterocycles. The van der Waals surface area contributed by atoms with Gasteiger partial charge >= 0.3 is 0 Å². The van der Waals surface area contributed by atoms with Gasteiger partial charge in [-0.1, -0.05) is 42.1 Å². The number of nitrogens with one attached hydrogen (secondary N) is 1. The van der Waals surface area contributed by atoms with Crippen molar-refractivity contribution in [2.24, 2.45) is 0 Å². The summed E-state index contributed by atoms with van der Waals surface area (Å²) in [5, 5.41) is 14.8. The number of carbonyl (C=O) groups is 1. The second-order valence-corrected chi connectivity index (χ2v) is 8.84. The van der Waals surface area contributed by atoms with Crippen LogP contribution in [0.15, 0.2) is 59.1 Å². The van der Waals surface area contributed by atoms with E-state index in [0.717, 1.165) is 34.0 Å². The van der Waals surface area contributed by atoms with Crippen LogP contribution in [0.2, 0.25) is 0 Å². The van der Waals surface area contributed by atoms with Gasteiger partial charge in [0.2, 0.25) is 5.91 Å². The number of rotatable bonds is 7. The molecule has 1 amide bonds. The molecule has 0 fully saturated rings. The monoisotopic (exact) mass is 450 g/mol. The number of aromatic nitrogens is 4. The molecule has 0 aliphatic rings. The van der Waals surface area contributed by atoms with E-state index in [0.29, 0.717) is 16.7 Å². The van der Waals surface area contributed by atoms with Crippen LogP contribution in [0.4, 0.5) is 10.8 Å². The summed E-state index contributed by atoms with van der Waals surface area (Å²) in [5.74, 6) is 0.881. The lowest BCUT2D eigenvalue weighted by molar-refractivity contribution is -0.113. The molecule has 0 saturated heterocycles. The molecule has 0 unspecified atom stereocenters. The zero-order valence-electron chi connectivity index (χ0n) is 17.2. The lowest BCUT2D eigenvalue weighted by atomic mass is 10.1. The fourth-order valence-electron chi connectivity index (χ4n) is 3.11. The minimum Gasteiger partial charge on any atom is -0.375 e. The van der Waals surface area contributed by atoms with Crippen LogP contribution in [0.25, 0.3) is 5.69 Å². The average Bonchev–Trinajstić information content (AvgIpc) is 3.36. The van der Waals surface area contributed by atoms with Crippen LogP contribution in [0.3, 0.4) is 0 Å². The zero-order valence-corrected chi connectivity index (χ0v) is 18.8. The van der Waals surface area contributed by atoms with Crippen molar-refractivity contribution >= 4 is 39.8 Å². The summed E-state index contributed by atoms with van der Waals surface area (Å²) in [6, 6.07) is 15.7. The minimum atomic E-state index is -0.0878. The molecule has 0 atom stereocenters. The standard InChI is InChI=1S/C22H22N6OS2/c1-14-7-6-10-18(15(14)2)25-20(29)13-31-22-27-26-19(11-16-12-30-21(23)24-16)28(22)17-8-4-3-5-9-17/h3-10,12H,11,13H2,1-2H3,(H2,23,24)(H,25,29). The van der Waals surface area contributed by atoms with Crippen LogP contribution in [0.1, 0.15) is 22.6 Å². The van der Waals surface area contributed by atoms with Crippen molar-refractivity contribution < 1.29 is 4.79 Å². The number of hydrogen-bond acceptors (Lipinski definition) is 7. The van der Waals surface area contributed by atoms with E-state index in [-0.39, 0.29) is 11.7 Å². The molecule has 0 saturated carbocycles. The third-order valence-corrected chi connectivity index (χ3v) is 6.49. The van der Waals surface area contributed by atoms with Gasteiger partial charge in [-0.05, 0) is 43.2 Å². The van der Waals surface area contributed by atoms with E-state index >= 15 is 0 Å². The number of hydrogen-bond donors (Lipinski definition) is 2. The van der Waals surface area contributed by atoms with Crippen LogP contribution in [0.5, 0.6) is 0 Å². The first-order valence-electron chi connectivity index (χ1n) is 9.69. The van der Waals surface area contributed by atoms with Crippen LogP contribution in [-0.2, 0) is 11.2 Å². The van der Waals surface area contributed by atoms with Crippen LogP contribution < -0.4 is 11.1 Å². The summed E-state index contributed by atoms with van der Waals surface area (Å²) >= 11 is 2.75. The highest BCUT2D eigenvalue weighted by Gasteiger charge is 2.17. The molecule has 0 bridgehead atoms. The fraction of sp³-hybridized carbons (Fsp3) is 0.182. The first kappa shape index (κ1) is 21.1. The number of carbonyl (C=O) groups excluding carboxylic acids is 1. The molecule has 158 valence electrons. The van der Waals surface area contributed by atoms with E-state index in [1.54, 1.807) is 0 Å². The molecule has 4 aromatic rings. The van der Waals surface area contributed by atoms with E-state index in [1.807, 2.05) is 72.3 Å². The van der Waals surface area contributed by atoms with Crippen molar-refractivity contribution in [2.45, 2.75) is 25.4 Å². The number of amides is 1. The fourth-order valence-corrected chi connectivity index (χ4v) is 4.45. The van der Waals surface area contributed by atoms with Gasteiger partial charge in [-0.2, -0.15) is 0 Å². The Bertz CT molecular complexity index is 1200. The molecule has 7 nitrogen and oxygen atoms in total. The Labute approximate surface area is 188 Å². The number of nitrogens with zero attached hydrogens (tertiary/aromatic N) is 4. The molecule has 2 heterocycles. The van der Waals surface area contributed by atoms with Gasteiger partial charge in [-0.3, -0.25) is 9.36 Å². The summed E-state index contributed by atoms with van der Waals surface area (Å²) < 4.78 is 1.96. The number of anilines is 2. The second-order valence-electron chi connectivity index (χ2n) is 7.01. The number of para-hydroxylation sites is 1. The summed E-state index contributed by atoms with van der Waals surface area (Å²) in [4.78, 5) is 16.9. The Balaban J connectivity index is 1.53. The minimum absolute atomic E-state index is 0.0878. The molecular formula is C22H22N6OS2. The molecule has 2 aromatic carbocycles. The molecule has 0 spiro atoms. The van der Waals surface area contributed by atoms with E-state index in [2.05, 4.69) is 20.5 Å². The Morgan fingerprint density at radius 3 is 2.68 bits per heavy atom. The zero-order chi connectivity index (χ0) is 21.8. The van der Waals surface area contributed by atoms with Gasteiger partial charge < -0.3 is 11.1 Å². The number of thioether (sulfide) groups is 1. The van der Waals surface area contributed by atoms with E-state index in [4.69, 9.17) is 5.73 Å². The third kappa shape index (κ3) is 4.95. The topological polar surface area (TPSA) is 98.7 Å². The van der Waals surface area contributed by atoms with Crippen molar-refractivity contribution in [1.29, 1.82) is 0 Å². The van der Waals surface area contributed by atoms with Gasteiger partial charge in [0.25, 0.3) is 0 Å². The Kier molecular flexibility index (Phi) is 6.34. The van der Waals surface area contributed by atoms with Crippen molar-refractivity contribution in [1.82, 2.24) is 19.7 Å². The van der Waals surface area contributed by atoms with Gasteiger partial charge in [0, 0.05) is 16.8 Å². The van der Waals surface area contributed by atoms with Crippen molar-refractivity contribution in [2.75, 3.05) is 16.8 Å². The lowest BCUT2D eigenvalue weighted by Gasteiger charge is -2.11. The maximum atomic E-state index is 12.6. The van der Waals surface area contributed by atoms with Gasteiger partial charge in [-0.15, -0.1) is 21.5 Å². The maximum Gasteiger partial charge on any atom is 0.234 e. The maximum absolute atomic E-state index is 12.6. The predicted octanol–water partition coefficient (Wildman–Crippen LogP) is 4.24. The normalized spacial score (nSPS) is 10.9. The van der Waals surface area contributed by atoms with Crippen LogP contribution in [0, 0.1) is 13.8 Å². The second kappa shape index (κ2) is 9.32. The van der Waals surface area contributed by atoms with Gasteiger partial charge in [0.05, 0.1) is 17.9 Å². The average molecular weight is 451 g/mol. The number of nitrogens with two attached hydrogens (primary N) is 1. The molecule has 9 heteroatoms. The highest BCUT2D eigenvalue weighted by atomic mass is 32.2. The van der Waals surface area contributed by atoms with Crippen molar-refractivity contribution in [3.05, 3.63) is 76.6 Å². The number of aryl methyl sites for hydroxylation is 1. The predicted molar refractivity (Wildman–Crippen MR) is 126 cm³/mol. The van der Waals surface area contributed by atoms with E-state index in [1.165, 1.54) is 23.1 Å². The Morgan fingerprint density at radius 2 is 1.94 bits per heavy atom. The number of thiazole rings is 1. The first-order chi connectivity index (χ1) is 15.0. The van der Waals surface area contributed by atoms with E-state index in [9.17, 15) is 4.79 Å². The molecule has 0 aliphatic carbocycles. The quantitative estimate of drug-likeness (QED) is 0.409. The van der Waals surface area contributed by atoms with Crippen molar-refractivity contribution in [3.63, 3.8) is 0 Å². The highest BCUT2D eigenvalue weighted by Crippen LogP contribution is 2.25. The molecule has 0 radical (unpaired) electrons. The smallest absolute Gasteiger partial charge is 0.234 e. The van der Waals surface area contributed by atoms with Crippen LogP contribution in [-0.4, -0.2) is 31.4 Å². The Hall–Kier alpha value is -3.17. The highest BCUT2D eigenvalue weighted by molar-refractivity contribution is 7.99. The van der Waals surface area contributed by atoms with Gasteiger partial charge in [0.1, 0.15) is 5.82 Å².